The van der Waals surface area contributed by atoms with Crippen LogP contribution in [-0.2, 0) is 24.3 Å². The summed E-state index contributed by atoms with van der Waals surface area (Å²) in [7, 11) is -2.32. The second-order valence-electron chi connectivity index (χ2n) is 6.97. The van der Waals surface area contributed by atoms with Crippen LogP contribution in [-0.4, -0.2) is 45.0 Å². The predicted octanol–water partition coefficient (Wildman–Crippen LogP) is 3.27. The van der Waals surface area contributed by atoms with E-state index < -0.39 is 28.0 Å². The molecule has 0 aromatic heterocycles. The maximum absolute atomic E-state index is 13.3. The van der Waals surface area contributed by atoms with Crippen LogP contribution in [0.1, 0.15) is 39.2 Å². The van der Waals surface area contributed by atoms with Crippen molar-refractivity contribution in [2.24, 2.45) is 5.92 Å². The number of unbranched alkanes of at least 4 members (excludes halogenated alkanes) is 1. The molecule has 0 amide bonds. The number of sulfonamides is 1. The minimum Gasteiger partial charge on any atom is -0.501 e. The van der Waals surface area contributed by atoms with Crippen LogP contribution in [0.5, 0.6) is 0 Å². The van der Waals surface area contributed by atoms with E-state index in [2.05, 4.69) is 0 Å². The molecule has 0 saturated carbocycles. The average Bonchev–Trinajstić information content (AvgIpc) is 2.62. The van der Waals surface area contributed by atoms with Crippen LogP contribution in [0.2, 0.25) is 0 Å². The van der Waals surface area contributed by atoms with Crippen molar-refractivity contribution >= 4 is 16.0 Å². The normalized spacial score (nSPS) is 21.2. The quantitative estimate of drug-likeness (QED) is 0.523. The minimum absolute atomic E-state index is 0.0945. The van der Waals surface area contributed by atoms with Gasteiger partial charge in [-0.2, -0.15) is 4.31 Å². The summed E-state index contributed by atoms with van der Waals surface area (Å²) < 4.78 is 38.6. The zero-order chi connectivity index (χ0) is 20.2. The van der Waals surface area contributed by atoms with Crippen LogP contribution in [0.15, 0.2) is 40.5 Å². The summed E-state index contributed by atoms with van der Waals surface area (Å²) in [5, 5.41) is 0. The monoisotopic (exact) mass is 395 g/mol. The lowest BCUT2D eigenvalue weighted by molar-refractivity contribution is -0.150. The first kappa shape index (κ1) is 21.4. The summed E-state index contributed by atoms with van der Waals surface area (Å²) in [6, 6.07) is 5.68. The summed E-state index contributed by atoms with van der Waals surface area (Å²) in [6.07, 6.45) is 1.63. The molecule has 0 spiro atoms. The van der Waals surface area contributed by atoms with Crippen molar-refractivity contribution in [3.05, 3.63) is 41.2 Å². The third-order valence-electron chi connectivity index (χ3n) is 4.84. The van der Waals surface area contributed by atoms with Crippen molar-refractivity contribution in [3.63, 3.8) is 0 Å². The van der Waals surface area contributed by atoms with Gasteiger partial charge in [-0.3, -0.25) is 4.79 Å². The number of esters is 1. The zero-order valence-electron chi connectivity index (χ0n) is 16.7. The van der Waals surface area contributed by atoms with Gasteiger partial charge in [0.1, 0.15) is 11.8 Å². The maximum Gasteiger partial charge on any atom is 0.325 e. The Morgan fingerprint density at radius 2 is 1.85 bits per heavy atom. The van der Waals surface area contributed by atoms with Crippen LogP contribution in [0, 0.1) is 12.8 Å². The Morgan fingerprint density at radius 3 is 2.41 bits per heavy atom. The molecule has 2 rings (SSSR count). The molecule has 1 heterocycles. The Bertz CT molecular complexity index is 798. The van der Waals surface area contributed by atoms with E-state index in [0.29, 0.717) is 5.76 Å². The number of hydrogen-bond donors (Lipinski definition) is 0. The van der Waals surface area contributed by atoms with Crippen LogP contribution in [0.4, 0.5) is 0 Å². The van der Waals surface area contributed by atoms with Gasteiger partial charge in [0, 0.05) is 12.5 Å². The molecule has 1 aliphatic heterocycles. The van der Waals surface area contributed by atoms with E-state index >= 15 is 0 Å². The molecule has 7 heteroatoms. The first-order valence-electron chi connectivity index (χ1n) is 9.22. The SMILES string of the molecule is CCCCOC(=O)C1C(C)C(OC)=C(C)CN1S(=O)(=O)c1ccc(C)cc1. The lowest BCUT2D eigenvalue weighted by Crippen LogP contribution is -2.53. The number of rotatable bonds is 7. The lowest BCUT2D eigenvalue weighted by atomic mass is 9.92. The van der Waals surface area contributed by atoms with Gasteiger partial charge in [-0.1, -0.05) is 38.0 Å². The molecule has 1 aliphatic rings. The summed E-state index contributed by atoms with van der Waals surface area (Å²) in [4.78, 5) is 13.0. The van der Waals surface area contributed by atoms with E-state index in [1.807, 2.05) is 20.8 Å². The van der Waals surface area contributed by atoms with Crippen LogP contribution >= 0.6 is 0 Å². The van der Waals surface area contributed by atoms with Crippen LogP contribution < -0.4 is 0 Å². The standard InChI is InChI=1S/C20H29NO5S/c1-6-7-12-26-20(22)18-16(4)19(25-5)15(3)13-21(18)27(23,24)17-10-8-14(2)9-11-17/h8-11,16,18H,6-7,12-13H2,1-5H3. The van der Waals surface area contributed by atoms with E-state index in [0.717, 1.165) is 24.0 Å². The zero-order valence-corrected chi connectivity index (χ0v) is 17.5. The first-order chi connectivity index (χ1) is 12.7. The third kappa shape index (κ3) is 4.52. The van der Waals surface area contributed by atoms with Gasteiger partial charge in [0.15, 0.2) is 0 Å². The Balaban J connectivity index is 2.44. The van der Waals surface area contributed by atoms with Crippen LogP contribution in [0.3, 0.4) is 0 Å². The molecule has 0 saturated heterocycles. The number of carbonyl (C=O) groups excluding carboxylic acids is 1. The van der Waals surface area contributed by atoms with E-state index in [4.69, 9.17) is 9.47 Å². The number of benzene rings is 1. The molecule has 1 aromatic rings. The van der Waals surface area contributed by atoms with Gasteiger partial charge in [-0.15, -0.1) is 0 Å². The van der Waals surface area contributed by atoms with Gasteiger partial charge in [0.25, 0.3) is 0 Å². The molecular formula is C20H29NO5S. The summed E-state index contributed by atoms with van der Waals surface area (Å²) in [5.41, 5.74) is 1.76. The number of methoxy groups -OCH3 is 1. The van der Waals surface area contributed by atoms with E-state index in [1.54, 1.807) is 38.3 Å². The molecule has 150 valence electrons. The van der Waals surface area contributed by atoms with E-state index in [9.17, 15) is 13.2 Å². The molecule has 2 unspecified atom stereocenters. The highest BCUT2D eigenvalue weighted by atomic mass is 32.2. The molecule has 0 N–H and O–H groups in total. The molecular weight excluding hydrogens is 366 g/mol. The van der Waals surface area contributed by atoms with Crippen molar-refractivity contribution in [3.8, 4) is 0 Å². The fourth-order valence-electron chi connectivity index (χ4n) is 3.36. The van der Waals surface area contributed by atoms with Gasteiger partial charge in [-0.05, 0) is 38.0 Å². The second-order valence-corrected chi connectivity index (χ2v) is 8.86. The highest BCUT2D eigenvalue weighted by Crippen LogP contribution is 2.34. The van der Waals surface area contributed by atoms with Gasteiger partial charge >= 0.3 is 5.97 Å². The largest absolute Gasteiger partial charge is 0.501 e. The lowest BCUT2D eigenvalue weighted by Gasteiger charge is -2.38. The highest BCUT2D eigenvalue weighted by molar-refractivity contribution is 7.89. The van der Waals surface area contributed by atoms with Crippen molar-refractivity contribution in [2.45, 2.75) is 51.5 Å². The molecule has 0 fully saturated rings. The topological polar surface area (TPSA) is 72.9 Å². The molecule has 27 heavy (non-hydrogen) atoms. The summed E-state index contributed by atoms with van der Waals surface area (Å²) in [5.74, 6) is -0.324. The summed E-state index contributed by atoms with van der Waals surface area (Å²) >= 11 is 0. The Kier molecular flexibility index (Phi) is 7.06. The van der Waals surface area contributed by atoms with Gasteiger partial charge in [0.2, 0.25) is 10.0 Å². The third-order valence-corrected chi connectivity index (χ3v) is 6.68. The Morgan fingerprint density at radius 1 is 1.22 bits per heavy atom. The minimum atomic E-state index is -3.86. The van der Waals surface area contributed by atoms with Gasteiger partial charge in [-0.25, -0.2) is 8.42 Å². The smallest absolute Gasteiger partial charge is 0.325 e. The highest BCUT2D eigenvalue weighted by Gasteiger charge is 2.45. The number of aryl methyl sites for hydroxylation is 1. The predicted molar refractivity (Wildman–Crippen MR) is 104 cm³/mol. The number of ether oxygens (including phenoxy) is 2. The van der Waals surface area contributed by atoms with Crippen molar-refractivity contribution in [1.29, 1.82) is 0 Å². The fraction of sp³-hybridized carbons (Fsp3) is 0.550. The van der Waals surface area contributed by atoms with Gasteiger partial charge < -0.3 is 9.47 Å². The second kappa shape index (κ2) is 8.89. The summed E-state index contributed by atoms with van der Waals surface area (Å²) in [6.45, 7) is 7.89. The molecule has 0 aliphatic carbocycles. The van der Waals surface area contributed by atoms with E-state index in [-0.39, 0.29) is 18.0 Å². The molecule has 0 radical (unpaired) electrons. The first-order valence-corrected chi connectivity index (χ1v) is 10.7. The number of nitrogens with zero attached hydrogens (tertiary/aromatic N) is 1. The van der Waals surface area contributed by atoms with E-state index in [1.165, 1.54) is 4.31 Å². The van der Waals surface area contributed by atoms with Crippen molar-refractivity contribution in [2.75, 3.05) is 20.3 Å². The Labute approximate surface area is 162 Å². The van der Waals surface area contributed by atoms with Crippen molar-refractivity contribution < 1.29 is 22.7 Å². The molecule has 0 bridgehead atoms. The molecule has 6 nitrogen and oxygen atoms in total. The van der Waals surface area contributed by atoms with Gasteiger partial charge in [0.05, 0.1) is 18.6 Å². The molecule has 2 atom stereocenters. The number of hydrogen-bond acceptors (Lipinski definition) is 5. The Hall–Kier alpha value is -1.86. The van der Waals surface area contributed by atoms with Crippen LogP contribution in [0.25, 0.3) is 0 Å². The fourth-order valence-corrected chi connectivity index (χ4v) is 5.04. The number of carbonyl (C=O) groups is 1. The van der Waals surface area contributed by atoms with Crippen molar-refractivity contribution in [1.82, 2.24) is 4.31 Å². The average molecular weight is 396 g/mol. The maximum atomic E-state index is 13.3. The molecule has 1 aromatic carbocycles.